The van der Waals surface area contributed by atoms with Gasteiger partial charge in [0.2, 0.25) is 0 Å². The van der Waals surface area contributed by atoms with Crippen LogP contribution in [0.3, 0.4) is 0 Å². The summed E-state index contributed by atoms with van der Waals surface area (Å²) in [6.07, 6.45) is 5.63. The van der Waals surface area contributed by atoms with Crippen LogP contribution < -0.4 is 0 Å². The van der Waals surface area contributed by atoms with E-state index in [-0.39, 0.29) is 0 Å². The Balaban J connectivity index is 1.92. The number of nitrogens with zero attached hydrogens (tertiary/aromatic N) is 2. The molecule has 1 aliphatic carbocycles. The summed E-state index contributed by atoms with van der Waals surface area (Å²) < 4.78 is 0. The summed E-state index contributed by atoms with van der Waals surface area (Å²) in [6, 6.07) is 8.63. The Kier molecular flexibility index (Phi) is 2.44. The largest absolute Gasteiger partial charge is 0.159 e. The topological polar surface area (TPSA) is 25.8 Å². The molecule has 0 atom stereocenters. The van der Waals surface area contributed by atoms with Gasteiger partial charge in [-0.25, -0.2) is 0 Å². The first-order chi connectivity index (χ1) is 8.50. The van der Waals surface area contributed by atoms with Crippen LogP contribution in [0.2, 0.25) is 0 Å². The van der Waals surface area contributed by atoms with Gasteiger partial charge in [-0.05, 0) is 47.8 Å². The average Bonchev–Trinajstić information content (AvgIpc) is 3.09. The second-order valence-corrected chi connectivity index (χ2v) is 6.63. The molecule has 1 aromatic heterocycles. The summed E-state index contributed by atoms with van der Waals surface area (Å²) in [4.78, 5) is 0. The third-order valence-electron chi connectivity index (χ3n) is 4.57. The van der Waals surface area contributed by atoms with Gasteiger partial charge in [0, 0.05) is 5.39 Å². The molecular weight excluding hydrogens is 220 g/mol. The van der Waals surface area contributed by atoms with E-state index in [9.17, 15) is 0 Å². The van der Waals surface area contributed by atoms with E-state index in [4.69, 9.17) is 0 Å². The van der Waals surface area contributed by atoms with E-state index in [1.54, 1.807) is 6.20 Å². The van der Waals surface area contributed by atoms with Gasteiger partial charge in [0.25, 0.3) is 0 Å². The molecule has 0 spiro atoms. The monoisotopic (exact) mass is 240 g/mol. The molecule has 0 amide bonds. The molecule has 0 bridgehead atoms. The van der Waals surface area contributed by atoms with Crippen molar-refractivity contribution in [1.82, 2.24) is 10.2 Å². The Bertz CT molecular complexity index is 577. The first-order valence-electron chi connectivity index (χ1n) is 6.71. The zero-order valence-electron chi connectivity index (χ0n) is 11.4. The molecule has 0 saturated heterocycles. The summed E-state index contributed by atoms with van der Waals surface area (Å²) >= 11 is 0. The molecule has 18 heavy (non-hydrogen) atoms. The molecule has 1 fully saturated rings. The van der Waals surface area contributed by atoms with Crippen molar-refractivity contribution in [3.8, 4) is 0 Å². The van der Waals surface area contributed by atoms with Gasteiger partial charge in [0.15, 0.2) is 0 Å². The van der Waals surface area contributed by atoms with E-state index in [0.29, 0.717) is 10.8 Å². The fourth-order valence-corrected chi connectivity index (χ4v) is 2.87. The van der Waals surface area contributed by atoms with Crippen LogP contribution in [-0.2, 0) is 6.42 Å². The van der Waals surface area contributed by atoms with Crippen molar-refractivity contribution >= 4 is 10.9 Å². The van der Waals surface area contributed by atoms with Crippen molar-refractivity contribution in [1.29, 1.82) is 0 Å². The second kappa shape index (κ2) is 3.78. The van der Waals surface area contributed by atoms with Crippen LogP contribution in [0, 0.1) is 10.8 Å². The molecule has 0 unspecified atom stereocenters. The Morgan fingerprint density at radius 2 is 1.94 bits per heavy atom. The molecule has 0 N–H and O–H groups in total. The second-order valence-electron chi connectivity index (χ2n) is 6.63. The number of fused-ring (bicyclic) bond motifs is 1. The Morgan fingerprint density at radius 1 is 1.17 bits per heavy atom. The van der Waals surface area contributed by atoms with E-state index in [1.807, 2.05) is 6.07 Å². The van der Waals surface area contributed by atoms with Crippen LogP contribution in [0.4, 0.5) is 0 Å². The Hall–Kier alpha value is -1.44. The number of aromatic nitrogens is 2. The van der Waals surface area contributed by atoms with Gasteiger partial charge >= 0.3 is 0 Å². The number of hydrogen-bond donors (Lipinski definition) is 0. The van der Waals surface area contributed by atoms with E-state index in [1.165, 1.54) is 30.2 Å². The van der Waals surface area contributed by atoms with E-state index in [2.05, 4.69) is 49.2 Å². The van der Waals surface area contributed by atoms with Crippen molar-refractivity contribution in [3.05, 3.63) is 36.0 Å². The molecule has 2 nitrogen and oxygen atoms in total. The highest BCUT2D eigenvalue weighted by atomic mass is 15.1. The SMILES string of the molecule is CC(C)(C)C1(Cc2ccc3ccnnc3c2)CC1. The molecule has 1 heterocycles. The zero-order valence-corrected chi connectivity index (χ0v) is 11.4. The highest BCUT2D eigenvalue weighted by Gasteiger charge is 2.51. The third kappa shape index (κ3) is 1.90. The summed E-state index contributed by atoms with van der Waals surface area (Å²) in [5.74, 6) is 0. The van der Waals surface area contributed by atoms with Gasteiger partial charge in [-0.2, -0.15) is 10.2 Å². The van der Waals surface area contributed by atoms with Gasteiger partial charge in [0.05, 0.1) is 11.7 Å². The van der Waals surface area contributed by atoms with Crippen LogP contribution in [0.15, 0.2) is 30.5 Å². The molecule has 1 aliphatic rings. The number of hydrogen-bond acceptors (Lipinski definition) is 2. The summed E-state index contributed by atoms with van der Waals surface area (Å²) in [7, 11) is 0. The first-order valence-corrected chi connectivity index (χ1v) is 6.71. The first kappa shape index (κ1) is 11.6. The molecule has 2 heteroatoms. The zero-order chi connectivity index (χ0) is 12.8. The van der Waals surface area contributed by atoms with Crippen LogP contribution in [-0.4, -0.2) is 10.2 Å². The number of benzene rings is 1. The quantitative estimate of drug-likeness (QED) is 0.793. The molecule has 1 aromatic carbocycles. The maximum absolute atomic E-state index is 4.20. The third-order valence-corrected chi connectivity index (χ3v) is 4.57. The Morgan fingerprint density at radius 3 is 2.61 bits per heavy atom. The highest BCUT2D eigenvalue weighted by Crippen LogP contribution is 2.60. The highest BCUT2D eigenvalue weighted by molar-refractivity contribution is 5.78. The van der Waals surface area contributed by atoms with Crippen molar-refractivity contribution < 1.29 is 0 Å². The maximum Gasteiger partial charge on any atom is 0.0932 e. The van der Waals surface area contributed by atoms with Crippen LogP contribution in [0.5, 0.6) is 0 Å². The summed E-state index contributed by atoms with van der Waals surface area (Å²) in [5, 5.41) is 9.34. The lowest BCUT2D eigenvalue weighted by Crippen LogP contribution is -2.24. The lowest BCUT2D eigenvalue weighted by atomic mass is 9.74. The molecule has 1 saturated carbocycles. The lowest BCUT2D eigenvalue weighted by Gasteiger charge is -2.31. The average molecular weight is 240 g/mol. The fraction of sp³-hybridized carbons (Fsp3) is 0.500. The minimum atomic E-state index is 0.393. The smallest absolute Gasteiger partial charge is 0.0932 e. The van der Waals surface area contributed by atoms with Crippen LogP contribution in [0.25, 0.3) is 10.9 Å². The predicted molar refractivity (Wildman–Crippen MR) is 74.4 cm³/mol. The molecule has 94 valence electrons. The molecule has 0 aliphatic heterocycles. The summed E-state index contributed by atoms with van der Waals surface area (Å²) in [5.41, 5.74) is 3.31. The number of rotatable bonds is 2. The van der Waals surface area contributed by atoms with Gasteiger partial charge < -0.3 is 0 Å². The lowest BCUT2D eigenvalue weighted by molar-refractivity contribution is 0.212. The van der Waals surface area contributed by atoms with Crippen molar-refractivity contribution in [3.63, 3.8) is 0 Å². The van der Waals surface area contributed by atoms with E-state index >= 15 is 0 Å². The van der Waals surface area contributed by atoms with Crippen LogP contribution in [0.1, 0.15) is 39.2 Å². The predicted octanol–water partition coefficient (Wildman–Crippen LogP) is 4.00. The molecular formula is C16H20N2. The minimum Gasteiger partial charge on any atom is -0.159 e. The van der Waals surface area contributed by atoms with Gasteiger partial charge in [0.1, 0.15) is 0 Å². The molecule has 3 rings (SSSR count). The Labute approximate surface area is 108 Å². The van der Waals surface area contributed by atoms with E-state index < -0.39 is 0 Å². The van der Waals surface area contributed by atoms with Gasteiger partial charge in [-0.1, -0.05) is 32.9 Å². The normalized spacial score (nSPS) is 17.9. The molecule has 0 radical (unpaired) electrons. The van der Waals surface area contributed by atoms with Crippen molar-refractivity contribution in [2.45, 2.75) is 40.0 Å². The van der Waals surface area contributed by atoms with Gasteiger partial charge in [-0.15, -0.1) is 0 Å². The fourth-order valence-electron chi connectivity index (χ4n) is 2.87. The summed E-state index contributed by atoms with van der Waals surface area (Å²) in [6.45, 7) is 7.09. The van der Waals surface area contributed by atoms with E-state index in [0.717, 1.165) is 5.52 Å². The van der Waals surface area contributed by atoms with Crippen LogP contribution >= 0.6 is 0 Å². The standard InChI is InChI=1S/C16H20N2/c1-15(2,3)16(7-8-16)11-12-4-5-13-6-9-17-18-14(13)10-12/h4-6,9-10H,7-8,11H2,1-3H3. The minimum absolute atomic E-state index is 0.393. The maximum atomic E-state index is 4.20. The van der Waals surface area contributed by atoms with Gasteiger partial charge in [-0.3, -0.25) is 0 Å². The molecule has 2 aromatic rings. The van der Waals surface area contributed by atoms with Crippen molar-refractivity contribution in [2.75, 3.05) is 0 Å². The van der Waals surface area contributed by atoms with Crippen molar-refractivity contribution in [2.24, 2.45) is 10.8 Å².